The molecule has 1 atom stereocenters. The van der Waals surface area contributed by atoms with Gasteiger partial charge in [0, 0.05) is 18.8 Å². The average molecular weight is 353 g/mol. The zero-order chi connectivity index (χ0) is 18.4. The summed E-state index contributed by atoms with van der Waals surface area (Å²) >= 11 is 0. The molecule has 26 heavy (non-hydrogen) atoms. The van der Waals surface area contributed by atoms with Crippen LogP contribution in [0.25, 0.3) is 0 Å². The third-order valence-electron chi connectivity index (χ3n) is 4.23. The van der Waals surface area contributed by atoms with Crippen LogP contribution in [-0.2, 0) is 16.1 Å². The number of rotatable bonds is 5. The Labute approximate surface area is 153 Å². The summed E-state index contributed by atoms with van der Waals surface area (Å²) in [6.45, 7) is 3.24. The number of nitrogens with zero attached hydrogens (tertiary/aromatic N) is 1. The summed E-state index contributed by atoms with van der Waals surface area (Å²) in [5.74, 6) is -0.0691. The molecule has 6 nitrogen and oxygen atoms in total. The van der Waals surface area contributed by atoms with Crippen molar-refractivity contribution in [2.45, 2.75) is 19.6 Å². The van der Waals surface area contributed by atoms with E-state index in [-0.39, 0.29) is 24.6 Å². The average Bonchev–Trinajstić information content (AvgIpc) is 2.66. The lowest BCUT2D eigenvalue weighted by atomic mass is 10.1. The predicted octanol–water partition coefficient (Wildman–Crippen LogP) is 2.23. The fourth-order valence-corrected chi connectivity index (χ4v) is 2.84. The minimum Gasteiger partial charge on any atom is -0.365 e. The molecule has 1 unspecified atom stereocenters. The SMILES string of the molecule is Cc1cccc(N2CC(CNC(=O)NCc3ccccc3)OCC2=O)c1. The number of urea groups is 1. The first-order valence-electron chi connectivity index (χ1n) is 8.66. The van der Waals surface area contributed by atoms with E-state index in [0.717, 1.165) is 16.8 Å². The van der Waals surface area contributed by atoms with Crippen molar-refractivity contribution in [2.75, 3.05) is 24.6 Å². The smallest absolute Gasteiger partial charge is 0.315 e. The van der Waals surface area contributed by atoms with E-state index in [1.807, 2.05) is 61.5 Å². The standard InChI is InChI=1S/C20H23N3O3/c1-15-6-5-9-17(10-15)23-13-18(26-14-19(23)24)12-22-20(25)21-11-16-7-3-2-4-8-16/h2-10,18H,11-14H2,1H3,(H2,21,22,25). The number of benzene rings is 2. The predicted molar refractivity (Wildman–Crippen MR) is 100.0 cm³/mol. The maximum absolute atomic E-state index is 12.2. The highest BCUT2D eigenvalue weighted by molar-refractivity contribution is 5.95. The lowest BCUT2D eigenvalue weighted by molar-refractivity contribution is -0.129. The largest absolute Gasteiger partial charge is 0.365 e. The number of carbonyl (C=O) groups is 2. The second-order valence-electron chi connectivity index (χ2n) is 6.33. The highest BCUT2D eigenvalue weighted by atomic mass is 16.5. The Hall–Kier alpha value is -2.86. The molecular weight excluding hydrogens is 330 g/mol. The number of aryl methyl sites for hydroxylation is 1. The molecule has 6 heteroatoms. The van der Waals surface area contributed by atoms with Gasteiger partial charge in [0.25, 0.3) is 5.91 Å². The quantitative estimate of drug-likeness (QED) is 0.866. The molecule has 3 rings (SSSR count). The molecule has 2 aromatic rings. The maximum atomic E-state index is 12.2. The van der Waals surface area contributed by atoms with Crippen LogP contribution in [0.2, 0.25) is 0 Å². The first-order valence-corrected chi connectivity index (χ1v) is 8.66. The Morgan fingerprint density at radius 3 is 2.73 bits per heavy atom. The monoisotopic (exact) mass is 353 g/mol. The number of ether oxygens (including phenoxy) is 1. The van der Waals surface area contributed by atoms with Crippen molar-refractivity contribution >= 4 is 17.6 Å². The molecule has 0 spiro atoms. The van der Waals surface area contributed by atoms with Crippen molar-refractivity contribution in [3.8, 4) is 0 Å². The van der Waals surface area contributed by atoms with Crippen LogP contribution in [-0.4, -0.2) is 37.7 Å². The number of morpholine rings is 1. The second-order valence-corrected chi connectivity index (χ2v) is 6.33. The fraction of sp³-hybridized carbons (Fsp3) is 0.300. The Balaban J connectivity index is 1.49. The normalized spacial score (nSPS) is 17.0. The highest BCUT2D eigenvalue weighted by Gasteiger charge is 2.27. The molecule has 1 heterocycles. The van der Waals surface area contributed by atoms with Crippen LogP contribution in [0.15, 0.2) is 54.6 Å². The van der Waals surface area contributed by atoms with Crippen molar-refractivity contribution in [3.63, 3.8) is 0 Å². The molecule has 1 saturated heterocycles. The summed E-state index contributed by atoms with van der Waals surface area (Å²) in [6, 6.07) is 17.3. The molecule has 3 amide bonds. The number of carbonyl (C=O) groups excluding carboxylic acids is 2. The first-order chi connectivity index (χ1) is 12.6. The van der Waals surface area contributed by atoms with E-state index in [9.17, 15) is 9.59 Å². The summed E-state index contributed by atoms with van der Waals surface area (Å²) in [5, 5.41) is 5.62. The van der Waals surface area contributed by atoms with Crippen LogP contribution in [0.1, 0.15) is 11.1 Å². The van der Waals surface area contributed by atoms with Gasteiger partial charge in [0.05, 0.1) is 12.6 Å². The highest BCUT2D eigenvalue weighted by Crippen LogP contribution is 2.19. The van der Waals surface area contributed by atoms with Crippen LogP contribution in [0, 0.1) is 6.92 Å². The lowest BCUT2D eigenvalue weighted by Gasteiger charge is -2.33. The molecule has 136 valence electrons. The van der Waals surface area contributed by atoms with Crippen LogP contribution in [0.3, 0.4) is 0 Å². The van der Waals surface area contributed by atoms with E-state index in [1.54, 1.807) is 4.90 Å². The van der Waals surface area contributed by atoms with E-state index in [4.69, 9.17) is 4.74 Å². The summed E-state index contributed by atoms with van der Waals surface area (Å²) in [6.07, 6.45) is -0.240. The van der Waals surface area contributed by atoms with Gasteiger partial charge in [-0.3, -0.25) is 4.79 Å². The molecule has 0 aromatic heterocycles. The summed E-state index contributed by atoms with van der Waals surface area (Å²) in [5.41, 5.74) is 2.99. The molecule has 1 aliphatic rings. The van der Waals surface area contributed by atoms with Crippen molar-refractivity contribution in [1.82, 2.24) is 10.6 Å². The van der Waals surface area contributed by atoms with Gasteiger partial charge in [0.1, 0.15) is 6.61 Å². The number of anilines is 1. The molecule has 0 aliphatic carbocycles. The van der Waals surface area contributed by atoms with Crippen molar-refractivity contribution in [3.05, 3.63) is 65.7 Å². The number of hydrogen-bond acceptors (Lipinski definition) is 3. The molecule has 0 saturated carbocycles. The van der Waals surface area contributed by atoms with Gasteiger partial charge in [-0.15, -0.1) is 0 Å². The van der Waals surface area contributed by atoms with Gasteiger partial charge in [-0.05, 0) is 30.2 Å². The minimum absolute atomic E-state index is 0.0198. The van der Waals surface area contributed by atoms with E-state index < -0.39 is 0 Å². The van der Waals surface area contributed by atoms with Gasteiger partial charge in [-0.1, -0.05) is 42.5 Å². The molecule has 0 radical (unpaired) electrons. The van der Waals surface area contributed by atoms with Gasteiger partial charge in [-0.25, -0.2) is 4.79 Å². The van der Waals surface area contributed by atoms with Gasteiger partial charge in [0.15, 0.2) is 0 Å². The number of nitrogens with one attached hydrogen (secondary N) is 2. The molecular formula is C20H23N3O3. The second kappa shape index (κ2) is 8.49. The topological polar surface area (TPSA) is 70.7 Å². The maximum Gasteiger partial charge on any atom is 0.315 e. The summed E-state index contributed by atoms with van der Waals surface area (Å²) in [4.78, 5) is 25.8. The molecule has 2 aromatic carbocycles. The summed E-state index contributed by atoms with van der Waals surface area (Å²) in [7, 11) is 0. The minimum atomic E-state index is -0.253. The first kappa shape index (κ1) is 17.9. The number of amides is 3. The zero-order valence-electron chi connectivity index (χ0n) is 14.8. The van der Waals surface area contributed by atoms with Crippen LogP contribution in [0.4, 0.5) is 10.5 Å². The van der Waals surface area contributed by atoms with Crippen LogP contribution >= 0.6 is 0 Å². The van der Waals surface area contributed by atoms with E-state index in [2.05, 4.69) is 10.6 Å². The zero-order valence-corrected chi connectivity index (χ0v) is 14.8. The third kappa shape index (κ3) is 4.83. The third-order valence-corrected chi connectivity index (χ3v) is 4.23. The molecule has 0 bridgehead atoms. The number of hydrogen-bond donors (Lipinski definition) is 2. The Kier molecular flexibility index (Phi) is 5.86. The van der Waals surface area contributed by atoms with E-state index >= 15 is 0 Å². The van der Waals surface area contributed by atoms with Gasteiger partial charge >= 0.3 is 6.03 Å². The van der Waals surface area contributed by atoms with E-state index in [0.29, 0.717) is 19.6 Å². The Morgan fingerprint density at radius 2 is 1.96 bits per heavy atom. The van der Waals surface area contributed by atoms with Gasteiger partial charge in [-0.2, -0.15) is 0 Å². The van der Waals surface area contributed by atoms with Crippen molar-refractivity contribution in [1.29, 1.82) is 0 Å². The fourth-order valence-electron chi connectivity index (χ4n) is 2.84. The van der Waals surface area contributed by atoms with E-state index in [1.165, 1.54) is 0 Å². The molecule has 1 aliphatic heterocycles. The van der Waals surface area contributed by atoms with Crippen molar-refractivity contribution in [2.24, 2.45) is 0 Å². The van der Waals surface area contributed by atoms with Gasteiger partial charge in [0.2, 0.25) is 0 Å². The van der Waals surface area contributed by atoms with Gasteiger partial charge < -0.3 is 20.3 Å². The Bertz CT molecular complexity index is 764. The molecule has 2 N–H and O–H groups in total. The van der Waals surface area contributed by atoms with Crippen LogP contribution in [0.5, 0.6) is 0 Å². The lowest BCUT2D eigenvalue weighted by Crippen LogP contribution is -2.51. The Morgan fingerprint density at radius 1 is 1.15 bits per heavy atom. The summed E-state index contributed by atoms with van der Waals surface area (Å²) < 4.78 is 5.55. The van der Waals surface area contributed by atoms with Crippen LogP contribution < -0.4 is 15.5 Å². The van der Waals surface area contributed by atoms with Crippen molar-refractivity contribution < 1.29 is 14.3 Å². The molecule has 1 fully saturated rings.